The van der Waals surface area contributed by atoms with Crippen molar-refractivity contribution in [2.24, 2.45) is 0 Å². The third kappa shape index (κ3) is 3.11. The number of carbonyl (C=O) groups is 1. The molecule has 0 saturated heterocycles. The summed E-state index contributed by atoms with van der Waals surface area (Å²) in [4.78, 5) is 12.4. The van der Waals surface area contributed by atoms with Gasteiger partial charge >= 0.3 is 0 Å². The van der Waals surface area contributed by atoms with Crippen LogP contribution in [0.3, 0.4) is 0 Å². The number of anilines is 2. The molecule has 0 aliphatic heterocycles. The van der Waals surface area contributed by atoms with Crippen LogP contribution in [-0.2, 0) is 0 Å². The van der Waals surface area contributed by atoms with Crippen molar-refractivity contribution in [1.29, 1.82) is 0 Å². The van der Waals surface area contributed by atoms with E-state index in [-0.39, 0.29) is 5.91 Å². The van der Waals surface area contributed by atoms with Gasteiger partial charge in [-0.2, -0.15) is 0 Å². The molecule has 0 atom stereocenters. The van der Waals surface area contributed by atoms with Crippen LogP contribution in [0.1, 0.15) is 10.4 Å². The standard InChI is InChI=1S/C15H15BrN2O2/c1-17-12-6-4-3-5-11(12)15(19)18-13-9-10(16)7-8-14(13)20-2/h3-9,17H,1-2H3,(H,18,19). The first-order valence-electron chi connectivity index (χ1n) is 6.07. The molecular formula is C15H15BrN2O2. The predicted molar refractivity (Wildman–Crippen MR) is 84.6 cm³/mol. The average Bonchev–Trinajstić information content (AvgIpc) is 2.47. The van der Waals surface area contributed by atoms with Crippen molar-refractivity contribution in [3.05, 3.63) is 52.5 Å². The van der Waals surface area contributed by atoms with E-state index in [1.165, 1.54) is 0 Å². The first-order valence-corrected chi connectivity index (χ1v) is 6.86. The van der Waals surface area contributed by atoms with Crippen molar-refractivity contribution in [3.8, 4) is 5.75 Å². The molecule has 20 heavy (non-hydrogen) atoms. The van der Waals surface area contributed by atoms with E-state index < -0.39 is 0 Å². The number of hydrogen-bond donors (Lipinski definition) is 2. The highest BCUT2D eigenvalue weighted by Gasteiger charge is 2.13. The van der Waals surface area contributed by atoms with Gasteiger partial charge in [0.15, 0.2) is 0 Å². The number of nitrogens with one attached hydrogen (secondary N) is 2. The summed E-state index contributed by atoms with van der Waals surface area (Å²) in [5.41, 5.74) is 1.98. The fourth-order valence-electron chi connectivity index (χ4n) is 1.87. The minimum absolute atomic E-state index is 0.189. The Kier molecular flexibility index (Phi) is 4.63. The molecule has 4 nitrogen and oxygen atoms in total. The second-order valence-electron chi connectivity index (χ2n) is 4.09. The van der Waals surface area contributed by atoms with Crippen LogP contribution in [0.15, 0.2) is 46.9 Å². The van der Waals surface area contributed by atoms with Crippen molar-refractivity contribution in [2.75, 3.05) is 24.8 Å². The SMILES string of the molecule is CNc1ccccc1C(=O)Nc1cc(Br)ccc1OC. The smallest absolute Gasteiger partial charge is 0.257 e. The van der Waals surface area contributed by atoms with Crippen LogP contribution in [0.25, 0.3) is 0 Å². The van der Waals surface area contributed by atoms with E-state index in [0.29, 0.717) is 17.0 Å². The molecule has 0 radical (unpaired) electrons. The van der Waals surface area contributed by atoms with Crippen LogP contribution in [-0.4, -0.2) is 20.1 Å². The van der Waals surface area contributed by atoms with Crippen molar-refractivity contribution in [1.82, 2.24) is 0 Å². The molecule has 2 N–H and O–H groups in total. The summed E-state index contributed by atoms with van der Waals surface area (Å²) >= 11 is 3.38. The number of rotatable bonds is 4. The number of para-hydroxylation sites is 1. The van der Waals surface area contributed by atoms with E-state index in [0.717, 1.165) is 10.2 Å². The van der Waals surface area contributed by atoms with Crippen LogP contribution < -0.4 is 15.4 Å². The molecule has 0 fully saturated rings. The quantitative estimate of drug-likeness (QED) is 0.895. The monoisotopic (exact) mass is 334 g/mol. The predicted octanol–water partition coefficient (Wildman–Crippen LogP) is 3.75. The van der Waals surface area contributed by atoms with E-state index in [1.807, 2.05) is 24.3 Å². The van der Waals surface area contributed by atoms with Gasteiger partial charge in [0.05, 0.1) is 18.4 Å². The molecule has 0 spiro atoms. The third-order valence-corrected chi connectivity index (χ3v) is 3.34. The summed E-state index contributed by atoms with van der Waals surface area (Å²) < 4.78 is 6.11. The van der Waals surface area contributed by atoms with Crippen LogP contribution in [0.2, 0.25) is 0 Å². The lowest BCUT2D eigenvalue weighted by molar-refractivity contribution is 0.102. The minimum atomic E-state index is -0.189. The zero-order valence-electron chi connectivity index (χ0n) is 11.2. The first-order chi connectivity index (χ1) is 9.65. The van der Waals surface area contributed by atoms with E-state index >= 15 is 0 Å². The van der Waals surface area contributed by atoms with E-state index in [2.05, 4.69) is 26.6 Å². The fraction of sp³-hybridized carbons (Fsp3) is 0.133. The lowest BCUT2D eigenvalue weighted by Crippen LogP contribution is -2.14. The Morgan fingerprint density at radius 2 is 1.90 bits per heavy atom. The normalized spacial score (nSPS) is 9.95. The summed E-state index contributed by atoms with van der Waals surface area (Å²) in [6.45, 7) is 0. The lowest BCUT2D eigenvalue weighted by atomic mass is 10.1. The van der Waals surface area contributed by atoms with Crippen LogP contribution in [0.4, 0.5) is 11.4 Å². The van der Waals surface area contributed by atoms with E-state index in [1.54, 1.807) is 32.4 Å². The minimum Gasteiger partial charge on any atom is -0.495 e. The second-order valence-corrected chi connectivity index (χ2v) is 5.01. The van der Waals surface area contributed by atoms with Gasteiger partial charge in [0.25, 0.3) is 5.91 Å². The van der Waals surface area contributed by atoms with Gasteiger partial charge < -0.3 is 15.4 Å². The van der Waals surface area contributed by atoms with Gasteiger partial charge in [-0.15, -0.1) is 0 Å². The van der Waals surface area contributed by atoms with Crippen LogP contribution in [0.5, 0.6) is 5.75 Å². The zero-order chi connectivity index (χ0) is 14.5. The number of ether oxygens (including phenoxy) is 1. The number of benzene rings is 2. The topological polar surface area (TPSA) is 50.4 Å². The molecule has 5 heteroatoms. The van der Waals surface area contributed by atoms with Crippen LogP contribution >= 0.6 is 15.9 Å². The second kappa shape index (κ2) is 6.43. The maximum Gasteiger partial charge on any atom is 0.257 e. The lowest BCUT2D eigenvalue weighted by Gasteiger charge is -2.12. The van der Waals surface area contributed by atoms with Gasteiger partial charge in [-0.3, -0.25) is 4.79 Å². The van der Waals surface area contributed by atoms with Crippen molar-refractivity contribution >= 4 is 33.2 Å². The Morgan fingerprint density at radius 1 is 1.15 bits per heavy atom. The summed E-state index contributed by atoms with van der Waals surface area (Å²) in [7, 11) is 3.35. The van der Waals surface area contributed by atoms with Crippen molar-refractivity contribution in [3.63, 3.8) is 0 Å². The summed E-state index contributed by atoms with van der Waals surface area (Å²) in [6.07, 6.45) is 0. The summed E-state index contributed by atoms with van der Waals surface area (Å²) in [5.74, 6) is 0.426. The largest absolute Gasteiger partial charge is 0.495 e. The molecule has 0 unspecified atom stereocenters. The van der Waals surface area contributed by atoms with Gasteiger partial charge in [-0.1, -0.05) is 28.1 Å². The Labute approximate surface area is 126 Å². The average molecular weight is 335 g/mol. The molecule has 1 amide bonds. The van der Waals surface area contributed by atoms with Crippen molar-refractivity contribution in [2.45, 2.75) is 0 Å². The summed E-state index contributed by atoms with van der Waals surface area (Å²) in [5, 5.41) is 5.86. The third-order valence-electron chi connectivity index (χ3n) is 2.85. The molecular weight excluding hydrogens is 320 g/mol. The molecule has 0 aliphatic rings. The number of carbonyl (C=O) groups excluding carboxylic acids is 1. The highest BCUT2D eigenvalue weighted by atomic mass is 79.9. The molecule has 0 heterocycles. The Hall–Kier alpha value is -2.01. The number of hydrogen-bond acceptors (Lipinski definition) is 3. The zero-order valence-corrected chi connectivity index (χ0v) is 12.8. The van der Waals surface area contributed by atoms with Gasteiger partial charge in [0.1, 0.15) is 5.75 Å². The van der Waals surface area contributed by atoms with Gasteiger partial charge in [0.2, 0.25) is 0 Å². The molecule has 0 saturated carbocycles. The number of amides is 1. The molecule has 2 rings (SSSR count). The van der Waals surface area contributed by atoms with Crippen molar-refractivity contribution < 1.29 is 9.53 Å². The maximum atomic E-state index is 12.4. The Balaban J connectivity index is 2.30. The number of methoxy groups -OCH3 is 1. The maximum absolute atomic E-state index is 12.4. The number of halogens is 1. The van der Waals surface area contributed by atoms with Gasteiger partial charge in [-0.05, 0) is 30.3 Å². The van der Waals surface area contributed by atoms with E-state index in [4.69, 9.17) is 4.74 Å². The fourth-order valence-corrected chi connectivity index (χ4v) is 2.23. The van der Waals surface area contributed by atoms with Crippen LogP contribution in [0, 0.1) is 0 Å². The van der Waals surface area contributed by atoms with Gasteiger partial charge in [-0.25, -0.2) is 0 Å². The Bertz CT molecular complexity index is 629. The Morgan fingerprint density at radius 3 is 2.60 bits per heavy atom. The first kappa shape index (κ1) is 14.4. The van der Waals surface area contributed by atoms with E-state index in [9.17, 15) is 4.79 Å². The van der Waals surface area contributed by atoms with Gasteiger partial charge in [0, 0.05) is 17.2 Å². The molecule has 104 valence electrons. The molecule has 0 aliphatic carbocycles. The summed E-state index contributed by atoms with van der Waals surface area (Å²) in [6, 6.07) is 12.8. The highest BCUT2D eigenvalue weighted by Crippen LogP contribution is 2.28. The molecule has 2 aromatic rings. The molecule has 2 aromatic carbocycles. The molecule has 0 bridgehead atoms. The molecule has 0 aromatic heterocycles. The highest BCUT2D eigenvalue weighted by molar-refractivity contribution is 9.10.